The maximum Gasteiger partial charge on any atom is 0.276 e. The number of nitrogens with zero attached hydrogens (tertiary/aromatic N) is 1. The Morgan fingerprint density at radius 2 is 2.33 bits per heavy atom. The Bertz CT molecular complexity index is 413. The molecule has 0 spiro atoms. The van der Waals surface area contributed by atoms with Crippen molar-refractivity contribution in [2.45, 2.75) is 24.0 Å². The van der Waals surface area contributed by atoms with E-state index in [-0.39, 0.29) is 11.1 Å². The largest absolute Gasteiger partial charge is 0.452 e. The van der Waals surface area contributed by atoms with Crippen LogP contribution >= 0.6 is 0 Å². The van der Waals surface area contributed by atoms with Crippen LogP contribution in [-0.4, -0.2) is 31.9 Å². The molecule has 0 radical (unpaired) electrons. The van der Waals surface area contributed by atoms with Gasteiger partial charge in [-0.2, -0.15) is 4.31 Å². The van der Waals surface area contributed by atoms with Crippen LogP contribution < -0.4 is 5.73 Å². The molecule has 2 rings (SSSR count). The number of rotatable bonds is 2. The van der Waals surface area contributed by atoms with Crippen LogP contribution in [0.4, 0.5) is 0 Å². The molecule has 0 aromatic carbocycles. The monoisotopic (exact) mass is 230 g/mol. The van der Waals surface area contributed by atoms with Gasteiger partial charge in [-0.25, -0.2) is 8.42 Å². The summed E-state index contributed by atoms with van der Waals surface area (Å²) in [6, 6.07) is 2.95. The molecule has 1 aliphatic rings. The van der Waals surface area contributed by atoms with Crippen LogP contribution in [0.5, 0.6) is 0 Å². The van der Waals surface area contributed by atoms with Crippen molar-refractivity contribution >= 4 is 10.0 Å². The van der Waals surface area contributed by atoms with Crippen molar-refractivity contribution in [3.8, 4) is 0 Å². The van der Waals surface area contributed by atoms with Gasteiger partial charge in [0, 0.05) is 19.1 Å². The number of hydrogen-bond acceptors (Lipinski definition) is 4. The number of sulfonamides is 1. The summed E-state index contributed by atoms with van der Waals surface area (Å²) in [4.78, 5) is 0. The summed E-state index contributed by atoms with van der Waals surface area (Å²) >= 11 is 0. The van der Waals surface area contributed by atoms with Crippen LogP contribution in [0.25, 0.3) is 0 Å². The molecule has 5 nitrogen and oxygen atoms in total. The number of hydrogen-bond donors (Lipinski definition) is 1. The zero-order valence-electron chi connectivity index (χ0n) is 8.30. The Hall–Kier alpha value is -0.850. The minimum atomic E-state index is -3.46. The van der Waals surface area contributed by atoms with Crippen molar-refractivity contribution < 1.29 is 12.8 Å². The number of nitrogens with two attached hydrogens (primary N) is 1. The summed E-state index contributed by atoms with van der Waals surface area (Å²) in [5, 5.41) is -0.00315. The molecule has 2 heterocycles. The zero-order valence-corrected chi connectivity index (χ0v) is 9.11. The molecule has 84 valence electrons. The van der Waals surface area contributed by atoms with E-state index in [9.17, 15) is 8.42 Å². The van der Waals surface area contributed by atoms with Gasteiger partial charge in [-0.3, -0.25) is 0 Å². The lowest BCUT2D eigenvalue weighted by Gasteiger charge is -2.28. The van der Waals surface area contributed by atoms with Gasteiger partial charge in [0.2, 0.25) is 5.09 Å². The summed E-state index contributed by atoms with van der Waals surface area (Å²) in [6.07, 6.45) is 3.04. The summed E-state index contributed by atoms with van der Waals surface area (Å²) in [5.74, 6) is 0. The number of furan rings is 1. The van der Waals surface area contributed by atoms with Crippen LogP contribution in [0.2, 0.25) is 0 Å². The van der Waals surface area contributed by atoms with Gasteiger partial charge < -0.3 is 10.2 Å². The predicted octanol–water partition coefficient (Wildman–Crippen LogP) is 0.391. The first-order chi connectivity index (χ1) is 7.10. The van der Waals surface area contributed by atoms with Crippen LogP contribution in [0.15, 0.2) is 27.9 Å². The molecule has 6 heteroatoms. The van der Waals surface area contributed by atoms with Gasteiger partial charge in [0.15, 0.2) is 0 Å². The van der Waals surface area contributed by atoms with Gasteiger partial charge in [-0.05, 0) is 25.0 Å². The van der Waals surface area contributed by atoms with Gasteiger partial charge in [-0.1, -0.05) is 0 Å². The molecule has 0 saturated carbocycles. The van der Waals surface area contributed by atoms with Gasteiger partial charge >= 0.3 is 0 Å². The molecule has 2 N–H and O–H groups in total. The molecule has 0 bridgehead atoms. The summed E-state index contributed by atoms with van der Waals surface area (Å²) in [6.45, 7) is 0.903. The van der Waals surface area contributed by atoms with E-state index in [0.717, 1.165) is 12.8 Å². The fraction of sp³-hybridized carbons (Fsp3) is 0.556. The molecule has 1 fully saturated rings. The van der Waals surface area contributed by atoms with E-state index in [4.69, 9.17) is 10.2 Å². The molecule has 1 aliphatic heterocycles. The molecule has 1 aromatic heterocycles. The minimum Gasteiger partial charge on any atom is -0.452 e. The molecule has 0 aliphatic carbocycles. The standard InChI is InChI=1S/C9H14N2O3S/c10-8-3-1-5-11(7-8)15(12,13)9-4-2-6-14-9/h2,4,6,8H,1,3,5,7,10H2. The first kappa shape index (κ1) is 10.7. The summed E-state index contributed by atoms with van der Waals surface area (Å²) < 4.78 is 30.2. The third-order valence-electron chi connectivity index (χ3n) is 2.51. The summed E-state index contributed by atoms with van der Waals surface area (Å²) in [7, 11) is -3.46. The Morgan fingerprint density at radius 1 is 1.53 bits per heavy atom. The van der Waals surface area contributed by atoms with Crippen LogP contribution in [0.1, 0.15) is 12.8 Å². The first-order valence-corrected chi connectivity index (χ1v) is 6.34. The Kier molecular flexibility index (Phi) is 2.81. The Morgan fingerprint density at radius 3 is 2.93 bits per heavy atom. The normalized spacial score (nSPS) is 24.2. The van der Waals surface area contributed by atoms with Crippen LogP contribution in [-0.2, 0) is 10.0 Å². The van der Waals surface area contributed by atoms with E-state index in [1.54, 1.807) is 6.07 Å². The second kappa shape index (κ2) is 3.96. The fourth-order valence-electron chi connectivity index (χ4n) is 1.73. The maximum absolute atomic E-state index is 12.0. The van der Waals surface area contributed by atoms with Gasteiger partial charge in [0.1, 0.15) is 0 Å². The average Bonchev–Trinajstić information content (AvgIpc) is 2.71. The Labute approximate surface area is 88.9 Å². The quantitative estimate of drug-likeness (QED) is 0.797. The third kappa shape index (κ3) is 2.06. The van der Waals surface area contributed by atoms with Crippen molar-refractivity contribution in [1.82, 2.24) is 4.31 Å². The van der Waals surface area contributed by atoms with E-state index in [1.165, 1.54) is 16.6 Å². The van der Waals surface area contributed by atoms with Crippen LogP contribution in [0, 0.1) is 0 Å². The highest BCUT2D eigenvalue weighted by atomic mass is 32.2. The zero-order chi connectivity index (χ0) is 10.9. The van der Waals surface area contributed by atoms with Gasteiger partial charge in [0.25, 0.3) is 10.0 Å². The molecule has 1 aromatic rings. The van der Waals surface area contributed by atoms with E-state index >= 15 is 0 Å². The lowest BCUT2D eigenvalue weighted by atomic mass is 10.1. The second-order valence-corrected chi connectivity index (χ2v) is 5.57. The average molecular weight is 230 g/mol. The molecule has 1 unspecified atom stereocenters. The highest BCUT2D eigenvalue weighted by Gasteiger charge is 2.30. The minimum absolute atomic E-state index is 0.00315. The SMILES string of the molecule is NC1CCCN(S(=O)(=O)c2ccco2)C1. The van der Waals surface area contributed by atoms with Crippen molar-refractivity contribution in [1.29, 1.82) is 0 Å². The van der Waals surface area contributed by atoms with E-state index in [1.807, 2.05) is 0 Å². The molecular weight excluding hydrogens is 216 g/mol. The fourth-order valence-corrected chi connectivity index (χ4v) is 3.17. The maximum atomic E-state index is 12.0. The Balaban J connectivity index is 2.22. The highest BCUT2D eigenvalue weighted by Crippen LogP contribution is 2.20. The topological polar surface area (TPSA) is 76.5 Å². The van der Waals surface area contributed by atoms with E-state index in [0.29, 0.717) is 13.1 Å². The first-order valence-electron chi connectivity index (χ1n) is 4.90. The molecule has 1 saturated heterocycles. The predicted molar refractivity (Wildman–Crippen MR) is 54.7 cm³/mol. The van der Waals surface area contributed by atoms with Crippen molar-refractivity contribution in [2.24, 2.45) is 5.73 Å². The van der Waals surface area contributed by atoms with Crippen LogP contribution in [0.3, 0.4) is 0 Å². The van der Waals surface area contributed by atoms with Gasteiger partial charge in [-0.15, -0.1) is 0 Å². The van der Waals surface area contributed by atoms with E-state index < -0.39 is 10.0 Å². The smallest absolute Gasteiger partial charge is 0.276 e. The van der Waals surface area contributed by atoms with Crippen molar-refractivity contribution in [3.05, 3.63) is 18.4 Å². The van der Waals surface area contributed by atoms with Crippen molar-refractivity contribution in [2.75, 3.05) is 13.1 Å². The van der Waals surface area contributed by atoms with Gasteiger partial charge in [0.05, 0.1) is 6.26 Å². The highest BCUT2D eigenvalue weighted by molar-refractivity contribution is 7.89. The molecule has 1 atom stereocenters. The lowest BCUT2D eigenvalue weighted by molar-refractivity contribution is 0.306. The number of piperidine rings is 1. The lowest BCUT2D eigenvalue weighted by Crippen LogP contribution is -2.45. The van der Waals surface area contributed by atoms with E-state index in [2.05, 4.69) is 0 Å². The molecule has 0 amide bonds. The molecular formula is C9H14N2O3S. The van der Waals surface area contributed by atoms with Crippen molar-refractivity contribution in [3.63, 3.8) is 0 Å². The summed E-state index contributed by atoms with van der Waals surface area (Å²) in [5.41, 5.74) is 5.74. The second-order valence-electron chi connectivity index (χ2n) is 3.70. The molecule has 15 heavy (non-hydrogen) atoms. The third-order valence-corrected chi connectivity index (χ3v) is 4.26.